The summed E-state index contributed by atoms with van der Waals surface area (Å²) in [5.41, 5.74) is 8.33. The molecule has 0 aromatic heterocycles. The topological polar surface area (TPSA) is 53.7 Å². The number of benzene rings is 2. The van der Waals surface area contributed by atoms with Crippen molar-refractivity contribution in [2.75, 3.05) is 20.8 Å². The summed E-state index contributed by atoms with van der Waals surface area (Å²) in [5.74, 6) is 2.34. The number of rotatable bonds is 8. The van der Waals surface area contributed by atoms with E-state index in [0.717, 1.165) is 47.8 Å². The third-order valence-corrected chi connectivity index (χ3v) is 3.78. The van der Waals surface area contributed by atoms with Gasteiger partial charge in [-0.2, -0.15) is 0 Å². The van der Waals surface area contributed by atoms with E-state index in [4.69, 9.17) is 19.9 Å². The summed E-state index contributed by atoms with van der Waals surface area (Å²) in [4.78, 5) is 0. The van der Waals surface area contributed by atoms with E-state index in [1.165, 1.54) is 0 Å². The minimum Gasteiger partial charge on any atom is -0.497 e. The lowest BCUT2D eigenvalue weighted by molar-refractivity contribution is 0.309. The van der Waals surface area contributed by atoms with Crippen LogP contribution in [0.1, 0.15) is 36.9 Å². The molecule has 0 radical (unpaired) electrons. The van der Waals surface area contributed by atoms with Crippen LogP contribution in [-0.4, -0.2) is 20.8 Å². The molecule has 2 aromatic rings. The maximum atomic E-state index is 6.39. The third kappa shape index (κ3) is 4.39. The summed E-state index contributed by atoms with van der Waals surface area (Å²) < 4.78 is 16.3. The Morgan fingerprint density at radius 2 is 1.65 bits per heavy atom. The second-order valence-electron chi connectivity index (χ2n) is 5.36. The van der Waals surface area contributed by atoms with Gasteiger partial charge < -0.3 is 19.9 Å². The Morgan fingerprint density at radius 1 is 0.957 bits per heavy atom. The van der Waals surface area contributed by atoms with E-state index >= 15 is 0 Å². The Balaban J connectivity index is 2.15. The van der Waals surface area contributed by atoms with Crippen LogP contribution >= 0.6 is 0 Å². The summed E-state index contributed by atoms with van der Waals surface area (Å²) in [7, 11) is 3.27. The first-order valence-corrected chi connectivity index (χ1v) is 7.89. The highest BCUT2D eigenvalue weighted by Crippen LogP contribution is 2.32. The fourth-order valence-electron chi connectivity index (χ4n) is 2.36. The molecule has 1 unspecified atom stereocenters. The van der Waals surface area contributed by atoms with Crippen LogP contribution in [0.2, 0.25) is 0 Å². The van der Waals surface area contributed by atoms with Crippen molar-refractivity contribution in [2.45, 2.75) is 25.8 Å². The van der Waals surface area contributed by atoms with Gasteiger partial charge in [0.1, 0.15) is 17.2 Å². The molecule has 4 nitrogen and oxygen atoms in total. The molecule has 1 atom stereocenters. The van der Waals surface area contributed by atoms with Gasteiger partial charge in [-0.15, -0.1) is 0 Å². The second kappa shape index (κ2) is 8.44. The highest BCUT2D eigenvalue weighted by molar-refractivity contribution is 5.46. The highest BCUT2D eigenvalue weighted by atomic mass is 16.5. The monoisotopic (exact) mass is 315 g/mol. The minimum absolute atomic E-state index is 0.263. The standard InChI is InChI=1S/C19H25NO3/c1-4-5-12-23-15-8-6-14(7-9-15)19(20)17-11-10-16(21-2)13-18(17)22-3/h6-11,13,19H,4-5,12,20H2,1-3H3. The Bertz CT molecular complexity index is 611. The highest BCUT2D eigenvalue weighted by Gasteiger charge is 2.15. The van der Waals surface area contributed by atoms with E-state index in [1.54, 1.807) is 14.2 Å². The minimum atomic E-state index is -0.263. The summed E-state index contributed by atoms with van der Waals surface area (Å²) in [6, 6.07) is 13.3. The summed E-state index contributed by atoms with van der Waals surface area (Å²) in [5, 5.41) is 0. The Labute approximate surface area is 138 Å². The third-order valence-electron chi connectivity index (χ3n) is 3.78. The van der Waals surface area contributed by atoms with Gasteiger partial charge in [0.05, 0.1) is 26.9 Å². The van der Waals surface area contributed by atoms with Crippen LogP contribution < -0.4 is 19.9 Å². The SMILES string of the molecule is CCCCOc1ccc(C(N)c2ccc(OC)cc2OC)cc1. The number of methoxy groups -OCH3 is 2. The molecule has 2 rings (SSSR count). The molecule has 23 heavy (non-hydrogen) atoms. The molecule has 124 valence electrons. The van der Waals surface area contributed by atoms with Crippen molar-refractivity contribution in [1.82, 2.24) is 0 Å². The Morgan fingerprint density at radius 3 is 2.26 bits per heavy atom. The zero-order valence-electron chi connectivity index (χ0n) is 14.0. The zero-order valence-corrected chi connectivity index (χ0v) is 14.0. The van der Waals surface area contributed by atoms with Gasteiger partial charge in [-0.25, -0.2) is 0 Å². The number of hydrogen-bond donors (Lipinski definition) is 1. The molecule has 0 amide bonds. The molecule has 0 aliphatic carbocycles. The lowest BCUT2D eigenvalue weighted by Gasteiger charge is -2.17. The maximum Gasteiger partial charge on any atom is 0.127 e. The van der Waals surface area contributed by atoms with Gasteiger partial charge in [-0.05, 0) is 36.2 Å². The fourth-order valence-corrected chi connectivity index (χ4v) is 2.36. The molecule has 0 fully saturated rings. The number of nitrogens with two attached hydrogens (primary N) is 1. The van der Waals surface area contributed by atoms with Gasteiger partial charge in [0.25, 0.3) is 0 Å². The molecule has 0 spiro atoms. The van der Waals surface area contributed by atoms with Gasteiger partial charge >= 0.3 is 0 Å². The van der Waals surface area contributed by atoms with Crippen LogP contribution in [-0.2, 0) is 0 Å². The van der Waals surface area contributed by atoms with Crippen LogP contribution in [0.5, 0.6) is 17.2 Å². The quantitative estimate of drug-likeness (QED) is 0.750. The fraction of sp³-hybridized carbons (Fsp3) is 0.368. The molecule has 4 heteroatoms. The molecular formula is C19H25NO3. The molecule has 0 aliphatic rings. The van der Waals surface area contributed by atoms with Crippen molar-refractivity contribution in [2.24, 2.45) is 5.73 Å². The average Bonchev–Trinajstić information content (AvgIpc) is 2.61. The van der Waals surface area contributed by atoms with Crippen molar-refractivity contribution in [3.8, 4) is 17.2 Å². The average molecular weight is 315 g/mol. The van der Waals surface area contributed by atoms with Crippen LogP contribution in [0.25, 0.3) is 0 Å². The summed E-state index contributed by atoms with van der Waals surface area (Å²) in [6.07, 6.45) is 2.19. The summed E-state index contributed by atoms with van der Waals surface area (Å²) in [6.45, 7) is 2.89. The predicted octanol–water partition coefficient (Wildman–Crippen LogP) is 3.93. The lowest BCUT2D eigenvalue weighted by atomic mass is 9.98. The maximum absolute atomic E-state index is 6.39. The van der Waals surface area contributed by atoms with Crippen molar-refractivity contribution in [3.63, 3.8) is 0 Å². The van der Waals surface area contributed by atoms with Crippen molar-refractivity contribution in [3.05, 3.63) is 53.6 Å². The van der Waals surface area contributed by atoms with Gasteiger partial charge in [0.15, 0.2) is 0 Å². The smallest absolute Gasteiger partial charge is 0.127 e. The molecule has 2 N–H and O–H groups in total. The Hall–Kier alpha value is -2.20. The van der Waals surface area contributed by atoms with Gasteiger partial charge in [-0.1, -0.05) is 25.5 Å². The van der Waals surface area contributed by atoms with Crippen LogP contribution in [0.4, 0.5) is 0 Å². The predicted molar refractivity (Wildman–Crippen MR) is 92.4 cm³/mol. The zero-order chi connectivity index (χ0) is 16.7. The van der Waals surface area contributed by atoms with E-state index in [2.05, 4.69) is 6.92 Å². The van der Waals surface area contributed by atoms with Gasteiger partial charge in [0.2, 0.25) is 0 Å². The molecule has 0 heterocycles. The normalized spacial score (nSPS) is 11.8. The van der Waals surface area contributed by atoms with Crippen molar-refractivity contribution >= 4 is 0 Å². The number of ether oxygens (including phenoxy) is 3. The van der Waals surface area contributed by atoms with Crippen LogP contribution in [0.3, 0.4) is 0 Å². The van der Waals surface area contributed by atoms with Gasteiger partial charge in [0, 0.05) is 11.6 Å². The first-order valence-electron chi connectivity index (χ1n) is 7.89. The first kappa shape index (κ1) is 17.2. The van der Waals surface area contributed by atoms with Crippen LogP contribution in [0.15, 0.2) is 42.5 Å². The second-order valence-corrected chi connectivity index (χ2v) is 5.36. The molecule has 0 saturated carbocycles. The van der Waals surface area contributed by atoms with E-state index in [0.29, 0.717) is 0 Å². The van der Waals surface area contributed by atoms with E-state index in [1.807, 2.05) is 42.5 Å². The Kier molecular flexibility index (Phi) is 6.29. The van der Waals surface area contributed by atoms with E-state index in [-0.39, 0.29) is 6.04 Å². The van der Waals surface area contributed by atoms with Crippen molar-refractivity contribution < 1.29 is 14.2 Å². The van der Waals surface area contributed by atoms with E-state index in [9.17, 15) is 0 Å². The number of hydrogen-bond acceptors (Lipinski definition) is 4. The first-order chi connectivity index (χ1) is 11.2. The van der Waals surface area contributed by atoms with E-state index < -0.39 is 0 Å². The number of unbranched alkanes of at least 4 members (excludes halogenated alkanes) is 1. The summed E-state index contributed by atoms with van der Waals surface area (Å²) >= 11 is 0. The molecule has 0 saturated heterocycles. The molecule has 0 bridgehead atoms. The van der Waals surface area contributed by atoms with Crippen LogP contribution in [0, 0.1) is 0 Å². The van der Waals surface area contributed by atoms with Crippen molar-refractivity contribution in [1.29, 1.82) is 0 Å². The largest absolute Gasteiger partial charge is 0.497 e. The molecule has 2 aromatic carbocycles. The molecule has 0 aliphatic heterocycles. The lowest BCUT2D eigenvalue weighted by Crippen LogP contribution is -2.13. The van der Waals surface area contributed by atoms with Gasteiger partial charge in [-0.3, -0.25) is 0 Å². The molecular weight excluding hydrogens is 290 g/mol.